The normalized spacial score (nSPS) is 12.1. The minimum atomic E-state index is 0.0785. The van der Waals surface area contributed by atoms with E-state index in [2.05, 4.69) is 79.9 Å². The first-order valence-corrected chi connectivity index (χ1v) is 9.95. The largest absolute Gasteiger partial charge is 0.497 e. The van der Waals surface area contributed by atoms with Crippen LogP contribution in [0.1, 0.15) is 26.3 Å². The van der Waals surface area contributed by atoms with Crippen LogP contribution < -0.4 is 4.74 Å². The number of fused-ring (bicyclic) bond motifs is 5. The molecule has 0 saturated heterocycles. The molecule has 5 aromatic rings. The Morgan fingerprint density at radius 1 is 0.793 bits per heavy atom. The summed E-state index contributed by atoms with van der Waals surface area (Å²) in [6.07, 6.45) is 0. The monoisotopic (exact) mass is 380 g/mol. The Labute approximate surface area is 170 Å². The van der Waals surface area contributed by atoms with Gasteiger partial charge in [0, 0.05) is 10.8 Å². The number of aromatic nitrogens is 2. The van der Waals surface area contributed by atoms with Crippen LogP contribution in [0, 0.1) is 0 Å². The first-order valence-electron chi connectivity index (χ1n) is 9.95. The van der Waals surface area contributed by atoms with Gasteiger partial charge in [0.05, 0.1) is 23.7 Å². The van der Waals surface area contributed by atoms with Gasteiger partial charge in [0.2, 0.25) is 0 Å². The van der Waals surface area contributed by atoms with Crippen molar-refractivity contribution in [2.45, 2.75) is 26.2 Å². The minimum absolute atomic E-state index is 0.0785. The van der Waals surface area contributed by atoms with E-state index in [1.54, 1.807) is 7.11 Å². The molecule has 3 aromatic carbocycles. The van der Waals surface area contributed by atoms with Crippen molar-refractivity contribution in [2.75, 3.05) is 7.11 Å². The van der Waals surface area contributed by atoms with Crippen LogP contribution in [0.3, 0.4) is 0 Å². The third-order valence-corrected chi connectivity index (χ3v) is 5.68. The van der Waals surface area contributed by atoms with E-state index in [0.717, 1.165) is 22.3 Å². The molecule has 0 amide bonds. The van der Waals surface area contributed by atoms with E-state index in [-0.39, 0.29) is 5.41 Å². The maximum absolute atomic E-state index is 5.36. The zero-order valence-electron chi connectivity index (χ0n) is 17.2. The summed E-state index contributed by atoms with van der Waals surface area (Å²) < 4.78 is 7.44. The number of ether oxygens (including phenoxy) is 1. The molecule has 0 bridgehead atoms. The number of rotatable bonds is 2. The Morgan fingerprint density at radius 3 is 2.28 bits per heavy atom. The highest BCUT2D eigenvalue weighted by Gasteiger charge is 2.18. The molecule has 0 fully saturated rings. The Bertz CT molecular complexity index is 1360. The molecule has 0 radical (unpaired) electrons. The molecule has 0 spiro atoms. The summed E-state index contributed by atoms with van der Waals surface area (Å²) in [5.41, 5.74) is 7.05. The highest BCUT2D eigenvalue weighted by Crippen LogP contribution is 2.36. The van der Waals surface area contributed by atoms with Gasteiger partial charge in [-0.25, -0.2) is 4.52 Å². The fourth-order valence-electron chi connectivity index (χ4n) is 4.00. The molecular formula is C26H24N2O. The number of benzene rings is 3. The summed E-state index contributed by atoms with van der Waals surface area (Å²) in [4.78, 5) is 0. The highest BCUT2D eigenvalue weighted by atomic mass is 16.5. The molecule has 0 aliphatic heterocycles. The third kappa shape index (κ3) is 2.85. The highest BCUT2D eigenvalue weighted by molar-refractivity contribution is 6.04. The van der Waals surface area contributed by atoms with Crippen molar-refractivity contribution in [1.29, 1.82) is 0 Å². The SMILES string of the molecule is COc1ccc(-c2cc3c4ccccc4nn3c3ccc(C(C)(C)C)cc23)cc1. The van der Waals surface area contributed by atoms with Crippen LogP contribution in [0.15, 0.2) is 72.8 Å². The topological polar surface area (TPSA) is 26.5 Å². The van der Waals surface area contributed by atoms with E-state index >= 15 is 0 Å². The van der Waals surface area contributed by atoms with Gasteiger partial charge in [0.15, 0.2) is 0 Å². The second-order valence-electron chi connectivity index (χ2n) is 8.58. The molecule has 5 rings (SSSR count). The number of hydrogen-bond donors (Lipinski definition) is 0. The van der Waals surface area contributed by atoms with Crippen LogP contribution in [0.4, 0.5) is 0 Å². The van der Waals surface area contributed by atoms with Gasteiger partial charge in [0.1, 0.15) is 5.75 Å². The Balaban J connectivity index is 1.91. The molecular weight excluding hydrogens is 356 g/mol. The molecule has 0 aliphatic rings. The van der Waals surface area contributed by atoms with Gasteiger partial charge in [-0.3, -0.25) is 0 Å². The second kappa shape index (κ2) is 6.35. The van der Waals surface area contributed by atoms with Crippen LogP contribution >= 0.6 is 0 Å². The van der Waals surface area contributed by atoms with E-state index < -0.39 is 0 Å². The van der Waals surface area contributed by atoms with Gasteiger partial charge >= 0.3 is 0 Å². The van der Waals surface area contributed by atoms with Crippen LogP contribution in [-0.2, 0) is 5.41 Å². The van der Waals surface area contributed by atoms with Crippen molar-refractivity contribution in [3.63, 3.8) is 0 Å². The van der Waals surface area contributed by atoms with Crippen molar-refractivity contribution in [1.82, 2.24) is 9.61 Å². The maximum Gasteiger partial charge on any atom is 0.118 e. The van der Waals surface area contributed by atoms with Gasteiger partial charge in [-0.2, -0.15) is 5.10 Å². The lowest BCUT2D eigenvalue weighted by Crippen LogP contribution is -2.11. The Hall–Kier alpha value is -3.33. The number of hydrogen-bond acceptors (Lipinski definition) is 2. The van der Waals surface area contributed by atoms with Crippen LogP contribution in [-0.4, -0.2) is 16.7 Å². The van der Waals surface area contributed by atoms with Gasteiger partial charge in [0.25, 0.3) is 0 Å². The Morgan fingerprint density at radius 2 is 1.55 bits per heavy atom. The lowest BCUT2D eigenvalue weighted by atomic mass is 9.85. The molecule has 3 heteroatoms. The van der Waals surface area contributed by atoms with E-state index in [9.17, 15) is 0 Å². The standard InChI is InChI=1S/C26H24N2O/c1-26(2,3)18-11-14-24-22(15-18)21(17-9-12-19(29-4)13-10-17)16-25-20-7-5-6-8-23(20)27-28(24)25/h5-16H,1-4H3. The fourth-order valence-corrected chi connectivity index (χ4v) is 4.00. The predicted octanol–water partition coefficient (Wildman–Crippen LogP) is 6.61. The van der Waals surface area contributed by atoms with Gasteiger partial charge in [-0.15, -0.1) is 0 Å². The summed E-state index contributed by atoms with van der Waals surface area (Å²) >= 11 is 0. The van der Waals surface area contributed by atoms with Gasteiger partial charge in [-0.05, 0) is 58.5 Å². The van der Waals surface area contributed by atoms with Crippen molar-refractivity contribution in [3.8, 4) is 16.9 Å². The van der Waals surface area contributed by atoms with Crippen LogP contribution in [0.5, 0.6) is 5.75 Å². The minimum Gasteiger partial charge on any atom is -0.497 e. The van der Waals surface area contributed by atoms with Crippen molar-refractivity contribution in [2.24, 2.45) is 0 Å². The van der Waals surface area contributed by atoms with E-state index in [4.69, 9.17) is 9.84 Å². The number of nitrogens with zero attached hydrogens (tertiary/aromatic N) is 2. The summed E-state index contributed by atoms with van der Waals surface area (Å²) in [6, 6.07) is 25.7. The second-order valence-corrected chi connectivity index (χ2v) is 8.58. The van der Waals surface area contributed by atoms with Crippen LogP contribution in [0.25, 0.3) is 38.4 Å². The number of pyridine rings is 1. The lowest BCUT2D eigenvalue weighted by molar-refractivity contribution is 0.415. The fraction of sp³-hybridized carbons (Fsp3) is 0.192. The molecule has 3 nitrogen and oxygen atoms in total. The molecule has 0 aliphatic carbocycles. The predicted molar refractivity (Wildman–Crippen MR) is 121 cm³/mol. The van der Waals surface area contributed by atoms with Crippen molar-refractivity contribution < 1.29 is 4.74 Å². The molecule has 2 aromatic heterocycles. The van der Waals surface area contributed by atoms with E-state index in [1.807, 2.05) is 18.2 Å². The lowest BCUT2D eigenvalue weighted by Gasteiger charge is -2.20. The van der Waals surface area contributed by atoms with Crippen molar-refractivity contribution >= 4 is 27.3 Å². The molecule has 0 atom stereocenters. The summed E-state index contributed by atoms with van der Waals surface area (Å²) in [5.74, 6) is 0.865. The quantitative estimate of drug-likeness (QED) is 0.344. The molecule has 144 valence electrons. The smallest absolute Gasteiger partial charge is 0.118 e. The zero-order valence-corrected chi connectivity index (χ0v) is 17.2. The molecule has 0 saturated carbocycles. The first kappa shape index (κ1) is 17.7. The molecule has 0 N–H and O–H groups in total. The summed E-state index contributed by atoms with van der Waals surface area (Å²) in [5, 5.41) is 7.28. The summed E-state index contributed by atoms with van der Waals surface area (Å²) in [6.45, 7) is 6.76. The third-order valence-electron chi connectivity index (χ3n) is 5.68. The molecule has 29 heavy (non-hydrogen) atoms. The van der Waals surface area contributed by atoms with E-state index in [0.29, 0.717) is 0 Å². The average Bonchev–Trinajstić information content (AvgIpc) is 3.11. The number of methoxy groups -OCH3 is 1. The van der Waals surface area contributed by atoms with Crippen LogP contribution in [0.2, 0.25) is 0 Å². The van der Waals surface area contributed by atoms with Gasteiger partial charge in [-0.1, -0.05) is 57.2 Å². The maximum atomic E-state index is 5.36. The Kier molecular flexibility index (Phi) is 3.88. The van der Waals surface area contributed by atoms with Crippen molar-refractivity contribution in [3.05, 3.63) is 78.4 Å². The summed E-state index contributed by atoms with van der Waals surface area (Å²) in [7, 11) is 1.70. The molecule has 0 unspecified atom stereocenters. The first-order chi connectivity index (χ1) is 14.0. The van der Waals surface area contributed by atoms with Gasteiger partial charge < -0.3 is 4.74 Å². The molecule has 2 heterocycles. The average molecular weight is 380 g/mol. The van der Waals surface area contributed by atoms with E-state index in [1.165, 1.54) is 27.5 Å². The zero-order chi connectivity index (χ0) is 20.2.